The van der Waals surface area contributed by atoms with Crippen LogP contribution in [0.2, 0.25) is 0 Å². The molecule has 2 heterocycles. The Labute approximate surface area is 191 Å². The van der Waals surface area contributed by atoms with Crippen LogP contribution in [0.1, 0.15) is 28.3 Å². The van der Waals surface area contributed by atoms with Crippen LogP contribution in [0.25, 0.3) is 5.76 Å². The van der Waals surface area contributed by atoms with Crippen molar-refractivity contribution in [2.45, 2.75) is 19.5 Å². The minimum Gasteiger partial charge on any atom is -0.507 e. The number of methoxy groups -OCH3 is 2. The van der Waals surface area contributed by atoms with Gasteiger partial charge in [0.2, 0.25) is 0 Å². The van der Waals surface area contributed by atoms with Gasteiger partial charge in [-0.3, -0.25) is 14.6 Å². The number of rotatable bonds is 6. The number of pyridine rings is 1. The number of aliphatic hydroxyl groups is 1. The summed E-state index contributed by atoms with van der Waals surface area (Å²) in [4.78, 5) is 31.8. The standard InChI is InChI=1S/C26H24N2O5/c1-16-14-20(33-3)8-9-21(16)24(29)22-23(18-10-12-27-13-11-18)28(26(31)25(22)30)15-17-4-6-19(32-2)7-5-17/h4-14,23,29H,15H2,1-3H3/b24-22-. The molecule has 33 heavy (non-hydrogen) atoms. The van der Waals surface area contributed by atoms with Gasteiger partial charge in [0.25, 0.3) is 11.7 Å². The number of nitrogens with zero attached hydrogens (tertiary/aromatic N) is 2. The van der Waals surface area contributed by atoms with Crippen LogP contribution in [-0.4, -0.2) is 40.9 Å². The Morgan fingerprint density at radius 2 is 1.61 bits per heavy atom. The highest BCUT2D eigenvalue weighted by atomic mass is 16.5. The van der Waals surface area contributed by atoms with E-state index in [4.69, 9.17) is 9.47 Å². The SMILES string of the molecule is COc1ccc(CN2C(=O)C(=O)/C(=C(\O)c3ccc(OC)cc3C)C2c2ccncc2)cc1. The van der Waals surface area contributed by atoms with E-state index < -0.39 is 17.7 Å². The first-order chi connectivity index (χ1) is 15.9. The maximum Gasteiger partial charge on any atom is 0.295 e. The Bertz CT molecular complexity index is 1220. The van der Waals surface area contributed by atoms with E-state index in [-0.39, 0.29) is 17.9 Å². The van der Waals surface area contributed by atoms with E-state index in [1.54, 1.807) is 69.1 Å². The molecule has 1 aliphatic heterocycles. The summed E-state index contributed by atoms with van der Waals surface area (Å²) in [6.45, 7) is 2.01. The smallest absolute Gasteiger partial charge is 0.295 e. The molecule has 0 aliphatic carbocycles. The second kappa shape index (κ2) is 9.16. The van der Waals surface area contributed by atoms with Crippen LogP contribution >= 0.6 is 0 Å². The van der Waals surface area contributed by atoms with Crippen LogP contribution in [0.3, 0.4) is 0 Å². The molecule has 0 radical (unpaired) electrons. The van der Waals surface area contributed by atoms with E-state index in [1.165, 1.54) is 4.90 Å². The highest BCUT2D eigenvalue weighted by molar-refractivity contribution is 6.46. The second-order valence-electron chi connectivity index (χ2n) is 7.74. The fraction of sp³-hybridized carbons (Fsp3) is 0.192. The summed E-state index contributed by atoms with van der Waals surface area (Å²) in [5, 5.41) is 11.2. The Morgan fingerprint density at radius 1 is 0.970 bits per heavy atom. The quantitative estimate of drug-likeness (QED) is 0.351. The fourth-order valence-electron chi connectivity index (χ4n) is 4.04. The lowest BCUT2D eigenvalue weighted by Gasteiger charge is -2.25. The molecule has 168 valence electrons. The number of ketones is 1. The summed E-state index contributed by atoms with van der Waals surface area (Å²) in [5.41, 5.74) is 2.76. The zero-order chi connectivity index (χ0) is 23.5. The van der Waals surface area contributed by atoms with Gasteiger partial charge >= 0.3 is 0 Å². The molecule has 1 aliphatic rings. The number of aliphatic hydroxyl groups excluding tert-OH is 1. The number of carbonyl (C=O) groups excluding carboxylic acids is 2. The molecule has 1 N–H and O–H groups in total. The molecule has 4 rings (SSSR count). The Morgan fingerprint density at radius 3 is 2.21 bits per heavy atom. The minimum absolute atomic E-state index is 0.0491. The van der Waals surface area contributed by atoms with Crippen molar-refractivity contribution in [3.05, 3.63) is 94.8 Å². The van der Waals surface area contributed by atoms with Gasteiger partial charge in [-0.2, -0.15) is 0 Å². The number of likely N-dealkylation sites (tertiary alicyclic amines) is 1. The Hall–Kier alpha value is -4.13. The van der Waals surface area contributed by atoms with Gasteiger partial charge in [-0.05, 0) is 66.1 Å². The zero-order valence-corrected chi connectivity index (χ0v) is 18.6. The zero-order valence-electron chi connectivity index (χ0n) is 18.6. The maximum atomic E-state index is 13.2. The van der Waals surface area contributed by atoms with E-state index in [9.17, 15) is 14.7 Å². The molecule has 3 aromatic rings. The Kier molecular flexibility index (Phi) is 6.13. The first kappa shape index (κ1) is 22.1. The lowest BCUT2D eigenvalue weighted by molar-refractivity contribution is -0.140. The monoisotopic (exact) mass is 444 g/mol. The van der Waals surface area contributed by atoms with Gasteiger partial charge in [-0.1, -0.05) is 12.1 Å². The predicted octanol–water partition coefficient (Wildman–Crippen LogP) is 4.03. The molecule has 7 nitrogen and oxygen atoms in total. The first-order valence-corrected chi connectivity index (χ1v) is 10.4. The third-order valence-electron chi connectivity index (χ3n) is 5.76. The molecule has 0 saturated carbocycles. The normalized spacial score (nSPS) is 17.3. The van der Waals surface area contributed by atoms with Gasteiger partial charge in [0.05, 0.1) is 25.8 Å². The molecule has 0 spiro atoms. The third kappa shape index (κ3) is 4.17. The topological polar surface area (TPSA) is 89.0 Å². The van der Waals surface area contributed by atoms with Crippen LogP contribution in [-0.2, 0) is 16.1 Å². The van der Waals surface area contributed by atoms with Crippen molar-refractivity contribution < 1.29 is 24.2 Å². The summed E-state index contributed by atoms with van der Waals surface area (Å²) in [7, 11) is 3.14. The summed E-state index contributed by atoms with van der Waals surface area (Å²) >= 11 is 0. The number of amides is 1. The van der Waals surface area contributed by atoms with E-state index in [0.717, 1.165) is 11.1 Å². The van der Waals surface area contributed by atoms with Crippen molar-refractivity contribution in [2.24, 2.45) is 0 Å². The second-order valence-corrected chi connectivity index (χ2v) is 7.74. The lowest BCUT2D eigenvalue weighted by atomic mass is 9.94. The largest absolute Gasteiger partial charge is 0.507 e. The van der Waals surface area contributed by atoms with Gasteiger partial charge < -0.3 is 19.5 Å². The molecule has 1 fully saturated rings. The van der Waals surface area contributed by atoms with E-state index in [0.29, 0.717) is 22.6 Å². The summed E-state index contributed by atoms with van der Waals surface area (Å²) in [6, 6.07) is 15.2. The first-order valence-electron chi connectivity index (χ1n) is 10.4. The molecule has 1 aromatic heterocycles. The molecule has 0 bridgehead atoms. The third-order valence-corrected chi connectivity index (χ3v) is 5.76. The number of benzene rings is 2. The molecule has 1 unspecified atom stereocenters. The number of carbonyl (C=O) groups is 2. The number of hydrogen-bond donors (Lipinski definition) is 1. The van der Waals surface area contributed by atoms with Crippen LogP contribution in [0, 0.1) is 6.92 Å². The minimum atomic E-state index is -0.753. The molecule has 1 amide bonds. The number of aromatic nitrogens is 1. The predicted molar refractivity (Wildman–Crippen MR) is 123 cm³/mol. The molecule has 7 heteroatoms. The van der Waals surface area contributed by atoms with Gasteiger partial charge in [-0.25, -0.2) is 0 Å². The molecular weight excluding hydrogens is 420 g/mol. The van der Waals surface area contributed by atoms with Gasteiger partial charge in [-0.15, -0.1) is 0 Å². The van der Waals surface area contributed by atoms with E-state index in [2.05, 4.69) is 4.98 Å². The van der Waals surface area contributed by atoms with Gasteiger partial charge in [0.1, 0.15) is 17.3 Å². The highest BCUT2D eigenvalue weighted by Gasteiger charge is 2.46. The number of ether oxygens (including phenoxy) is 2. The van der Waals surface area contributed by atoms with Crippen molar-refractivity contribution >= 4 is 17.4 Å². The van der Waals surface area contributed by atoms with E-state index >= 15 is 0 Å². The van der Waals surface area contributed by atoms with E-state index in [1.807, 2.05) is 19.1 Å². The highest BCUT2D eigenvalue weighted by Crippen LogP contribution is 2.40. The van der Waals surface area contributed by atoms with Gasteiger partial charge in [0, 0.05) is 24.5 Å². The summed E-state index contributed by atoms with van der Waals surface area (Å²) < 4.78 is 10.4. The molecular formula is C26H24N2O5. The number of Topliss-reactive ketones (excluding diaryl/α,β-unsaturated/α-hetero) is 1. The van der Waals surface area contributed by atoms with Gasteiger partial charge in [0.15, 0.2) is 0 Å². The Balaban J connectivity index is 1.82. The lowest BCUT2D eigenvalue weighted by Crippen LogP contribution is -2.29. The summed E-state index contributed by atoms with van der Waals surface area (Å²) in [5.74, 6) is -0.276. The van der Waals surface area contributed by atoms with Crippen molar-refractivity contribution in [2.75, 3.05) is 14.2 Å². The van der Waals surface area contributed by atoms with Crippen LogP contribution in [0.5, 0.6) is 11.5 Å². The number of hydrogen-bond acceptors (Lipinski definition) is 6. The average molecular weight is 444 g/mol. The van der Waals surface area contributed by atoms with Crippen LogP contribution in [0.15, 0.2) is 72.6 Å². The van der Waals surface area contributed by atoms with Crippen LogP contribution in [0.4, 0.5) is 0 Å². The number of aryl methyl sites for hydroxylation is 1. The molecule has 1 saturated heterocycles. The average Bonchev–Trinajstić information content (AvgIpc) is 3.09. The van der Waals surface area contributed by atoms with Crippen molar-refractivity contribution in [3.8, 4) is 11.5 Å². The molecule has 1 atom stereocenters. The van der Waals surface area contributed by atoms with Crippen molar-refractivity contribution in [1.82, 2.24) is 9.88 Å². The van der Waals surface area contributed by atoms with Crippen molar-refractivity contribution in [1.29, 1.82) is 0 Å². The fourth-order valence-corrected chi connectivity index (χ4v) is 4.04. The maximum absolute atomic E-state index is 13.2. The summed E-state index contributed by atoms with van der Waals surface area (Å²) in [6.07, 6.45) is 3.20. The van der Waals surface area contributed by atoms with Crippen molar-refractivity contribution in [3.63, 3.8) is 0 Å². The van der Waals surface area contributed by atoms with Crippen LogP contribution < -0.4 is 9.47 Å². The molecule has 2 aromatic carbocycles.